The molecule has 3 rings (SSSR count). The highest BCUT2D eigenvalue weighted by molar-refractivity contribution is 6.30. The summed E-state index contributed by atoms with van der Waals surface area (Å²) in [4.78, 5) is 4.22. The van der Waals surface area contributed by atoms with Gasteiger partial charge in [0, 0.05) is 30.5 Å². The zero-order valence-electron chi connectivity index (χ0n) is 11.7. The Morgan fingerprint density at radius 1 is 1.33 bits per heavy atom. The molecule has 2 N–H and O–H groups in total. The van der Waals surface area contributed by atoms with E-state index in [0.717, 1.165) is 36.6 Å². The highest BCUT2D eigenvalue weighted by atomic mass is 35.5. The maximum Gasteiger partial charge on any atom is 0.130 e. The molecule has 1 saturated heterocycles. The predicted octanol–water partition coefficient (Wildman–Crippen LogP) is 3.09. The summed E-state index contributed by atoms with van der Waals surface area (Å²) in [6.07, 6.45) is 2.78. The highest BCUT2D eigenvalue weighted by Crippen LogP contribution is 2.20. The van der Waals surface area contributed by atoms with Crippen molar-refractivity contribution >= 4 is 17.3 Å². The summed E-state index contributed by atoms with van der Waals surface area (Å²) in [5, 5.41) is 7.49. The Morgan fingerprint density at radius 2 is 2.29 bits per heavy atom. The number of nitrogens with zero attached hydrogens (tertiary/aromatic N) is 1. The minimum Gasteiger partial charge on any atom is -0.487 e. The third-order valence-electron chi connectivity index (χ3n) is 3.44. The average Bonchev–Trinajstić information content (AvgIpc) is 3.00. The van der Waals surface area contributed by atoms with Gasteiger partial charge in [0.1, 0.15) is 12.4 Å². The lowest BCUT2D eigenvalue weighted by atomic mass is 10.2. The van der Waals surface area contributed by atoms with E-state index in [2.05, 4.69) is 21.7 Å². The van der Waals surface area contributed by atoms with E-state index in [9.17, 15) is 0 Å². The fraction of sp³-hybridized carbons (Fsp3) is 0.312. The molecule has 1 atom stereocenters. The number of pyridine rings is 1. The van der Waals surface area contributed by atoms with Gasteiger partial charge < -0.3 is 15.4 Å². The number of anilines is 1. The number of ether oxygens (including phenoxy) is 1. The SMILES string of the molecule is Clc1ccc(COc2cccc(N[C@@H]3CCNC3)c2)nc1. The Balaban J connectivity index is 1.58. The van der Waals surface area contributed by atoms with Crippen molar-refractivity contribution in [1.82, 2.24) is 10.3 Å². The zero-order chi connectivity index (χ0) is 14.5. The van der Waals surface area contributed by atoms with Crippen molar-refractivity contribution in [3.8, 4) is 5.75 Å². The lowest BCUT2D eigenvalue weighted by Gasteiger charge is -2.14. The first-order chi connectivity index (χ1) is 10.3. The van der Waals surface area contributed by atoms with Gasteiger partial charge in [-0.25, -0.2) is 0 Å². The Labute approximate surface area is 129 Å². The predicted molar refractivity (Wildman–Crippen MR) is 84.9 cm³/mol. The summed E-state index contributed by atoms with van der Waals surface area (Å²) >= 11 is 5.81. The highest BCUT2D eigenvalue weighted by Gasteiger charge is 2.13. The van der Waals surface area contributed by atoms with Crippen molar-refractivity contribution in [2.45, 2.75) is 19.1 Å². The summed E-state index contributed by atoms with van der Waals surface area (Å²) in [5.74, 6) is 0.836. The van der Waals surface area contributed by atoms with Gasteiger partial charge in [-0.05, 0) is 37.2 Å². The molecule has 0 unspecified atom stereocenters. The Hall–Kier alpha value is -1.78. The van der Waals surface area contributed by atoms with E-state index in [1.54, 1.807) is 6.20 Å². The first-order valence-corrected chi connectivity index (χ1v) is 7.48. The van der Waals surface area contributed by atoms with Gasteiger partial charge in [0.2, 0.25) is 0 Å². The molecule has 1 aromatic carbocycles. The quantitative estimate of drug-likeness (QED) is 0.891. The number of halogens is 1. The monoisotopic (exact) mass is 303 g/mol. The number of nitrogens with one attached hydrogen (secondary N) is 2. The molecule has 21 heavy (non-hydrogen) atoms. The van der Waals surface area contributed by atoms with E-state index in [-0.39, 0.29) is 0 Å². The molecule has 1 aliphatic rings. The number of hydrogen-bond donors (Lipinski definition) is 2. The Kier molecular flexibility index (Phi) is 4.58. The second-order valence-corrected chi connectivity index (χ2v) is 5.55. The fourth-order valence-corrected chi connectivity index (χ4v) is 2.45. The van der Waals surface area contributed by atoms with Crippen molar-refractivity contribution in [1.29, 1.82) is 0 Å². The summed E-state index contributed by atoms with van der Waals surface area (Å²) in [6.45, 7) is 2.53. The van der Waals surface area contributed by atoms with Gasteiger partial charge in [-0.2, -0.15) is 0 Å². The molecule has 0 amide bonds. The summed E-state index contributed by atoms with van der Waals surface area (Å²) < 4.78 is 5.78. The minimum absolute atomic E-state index is 0.436. The van der Waals surface area contributed by atoms with Gasteiger partial charge in [0.25, 0.3) is 0 Å². The van der Waals surface area contributed by atoms with E-state index in [4.69, 9.17) is 16.3 Å². The summed E-state index contributed by atoms with van der Waals surface area (Å²) in [7, 11) is 0. The molecule has 2 heterocycles. The molecule has 0 radical (unpaired) electrons. The van der Waals surface area contributed by atoms with Crippen LogP contribution in [0, 0.1) is 0 Å². The number of hydrogen-bond acceptors (Lipinski definition) is 4. The minimum atomic E-state index is 0.436. The van der Waals surface area contributed by atoms with Crippen molar-refractivity contribution in [3.05, 3.63) is 53.3 Å². The Morgan fingerprint density at radius 3 is 3.05 bits per heavy atom. The number of benzene rings is 1. The molecule has 4 nitrogen and oxygen atoms in total. The summed E-state index contributed by atoms with van der Waals surface area (Å²) in [5.41, 5.74) is 1.95. The van der Waals surface area contributed by atoms with Crippen LogP contribution in [0.25, 0.3) is 0 Å². The maximum absolute atomic E-state index is 5.81. The van der Waals surface area contributed by atoms with Crippen LogP contribution in [0.3, 0.4) is 0 Å². The van der Waals surface area contributed by atoms with E-state index < -0.39 is 0 Å². The van der Waals surface area contributed by atoms with Gasteiger partial charge >= 0.3 is 0 Å². The van der Waals surface area contributed by atoms with E-state index in [0.29, 0.717) is 17.7 Å². The van der Waals surface area contributed by atoms with Crippen LogP contribution >= 0.6 is 11.6 Å². The second kappa shape index (κ2) is 6.78. The molecule has 0 aliphatic carbocycles. The molecule has 1 aliphatic heterocycles. The van der Waals surface area contributed by atoms with Gasteiger partial charge in [0.15, 0.2) is 0 Å². The van der Waals surface area contributed by atoms with Crippen LogP contribution in [-0.4, -0.2) is 24.1 Å². The van der Waals surface area contributed by atoms with Gasteiger partial charge in [-0.3, -0.25) is 4.98 Å². The standard InChI is InChI=1S/C16H18ClN3O/c17-12-4-5-15(19-9-12)11-21-16-3-1-2-13(8-16)20-14-6-7-18-10-14/h1-5,8-9,14,18,20H,6-7,10-11H2/t14-/m1/s1. The maximum atomic E-state index is 5.81. The first kappa shape index (κ1) is 14.2. The molecule has 1 fully saturated rings. The van der Waals surface area contributed by atoms with Gasteiger partial charge in [-0.1, -0.05) is 17.7 Å². The fourth-order valence-electron chi connectivity index (χ4n) is 2.34. The molecule has 1 aromatic heterocycles. The van der Waals surface area contributed by atoms with Gasteiger partial charge in [-0.15, -0.1) is 0 Å². The van der Waals surface area contributed by atoms with Crippen LogP contribution in [0.15, 0.2) is 42.6 Å². The molecule has 0 saturated carbocycles. The normalized spacial score (nSPS) is 17.7. The van der Waals surface area contributed by atoms with Crippen LogP contribution < -0.4 is 15.4 Å². The van der Waals surface area contributed by atoms with E-state index in [1.165, 1.54) is 0 Å². The molecular weight excluding hydrogens is 286 g/mol. The van der Waals surface area contributed by atoms with E-state index in [1.807, 2.05) is 30.3 Å². The smallest absolute Gasteiger partial charge is 0.130 e. The summed E-state index contributed by atoms with van der Waals surface area (Å²) in [6, 6.07) is 12.2. The molecule has 2 aromatic rings. The largest absolute Gasteiger partial charge is 0.487 e. The molecular formula is C16H18ClN3O. The first-order valence-electron chi connectivity index (χ1n) is 7.10. The average molecular weight is 304 g/mol. The van der Waals surface area contributed by atoms with Crippen molar-refractivity contribution in [2.75, 3.05) is 18.4 Å². The third-order valence-corrected chi connectivity index (χ3v) is 3.66. The van der Waals surface area contributed by atoms with E-state index >= 15 is 0 Å². The second-order valence-electron chi connectivity index (χ2n) is 5.12. The number of aromatic nitrogens is 1. The molecule has 0 spiro atoms. The topological polar surface area (TPSA) is 46.2 Å². The molecule has 110 valence electrons. The third kappa shape index (κ3) is 4.09. The lowest BCUT2D eigenvalue weighted by Crippen LogP contribution is -2.21. The lowest BCUT2D eigenvalue weighted by molar-refractivity contribution is 0.301. The van der Waals surface area contributed by atoms with Crippen LogP contribution in [0.4, 0.5) is 5.69 Å². The molecule has 0 bridgehead atoms. The van der Waals surface area contributed by atoms with Crippen LogP contribution in [0.5, 0.6) is 5.75 Å². The van der Waals surface area contributed by atoms with Crippen LogP contribution in [0.1, 0.15) is 12.1 Å². The molecule has 5 heteroatoms. The van der Waals surface area contributed by atoms with Crippen LogP contribution in [-0.2, 0) is 6.61 Å². The van der Waals surface area contributed by atoms with Crippen molar-refractivity contribution < 1.29 is 4.74 Å². The number of rotatable bonds is 5. The van der Waals surface area contributed by atoms with Crippen molar-refractivity contribution in [3.63, 3.8) is 0 Å². The zero-order valence-corrected chi connectivity index (χ0v) is 12.4. The Bertz CT molecular complexity index is 582. The van der Waals surface area contributed by atoms with Gasteiger partial charge in [0.05, 0.1) is 10.7 Å². The van der Waals surface area contributed by atoms with Crippen LogP contribution in [0.2, 0.25) is 5.02 Å². The van der Waals surface area contributed by atoms with Crippen molar-refractivity contribution in [2.24, 2.45) is 0 Å².